The Balaban J connectivity index is 0.00000364. The van der Waals surface area contributed by atoms with Gasteiger partial charge in [0, 0.05) is 24.9 Å². The first-order valence-electron chi connectivity index (χ1n) is 8.32. The number of nitrogens with zero attached hydrogens (tertiary/aromatic N) is 2. The van der Waals surface area contributed by atoms with E-state index in [2.05, 4.69) is 25.9 Å². The summed E-state index contributed by atoms with van der Waals surface area (Å²) >= 11 is 7.80. The van der Waals surface area contributed by atoms with Crippen molar-refractivity contribution < 1.29 is 4.79 Å². The van der Waals surface area contributed by atoms with Crippen LogP contribution in [0.1, 0.15) is 27.6 Å². The lowest BCUT2D eigenvalue weighted by molar-refractivity contribution is -0.116. The molecule has 0 aliphatic heterocycles. The summed E-state index contributed by atoms with van der Waals surface area (Å²) in [5.41, 5.74) is 2.71. The Bertz CT molecular complexity index is 809. The molecule has 1 aromatic carbocycles. The standard InChI is InChI=1S/C18H24ClN5OS.HI/c1-11-5-6-15(14(19)9-11)24-17(25)7-8-21-18(20-4)22-10-16-12(2)23-13(3)26-16;/h5-6,9H,7-8,10H2,1-4H3,(H,24,25)(H2,20,21,22);1H. The molecular formula is C18H25ClIN5OS. The van der Waals surface area contributed by atoms with Crippen LogP contribution in [0.25, 0.3) is 0 Å². The van der Waals surface area contributed by atoms with Crippen molar-refractivity contribution in [1.29, 1.82) is 0 Å². The summed E-state index contributed by atoms with van der Waals surface area (Å²) in [7, 11) is 1.70. The number of carbonyl (C=O) groups is 1. The van der Waals surface area contributed by atoms with Gasteiger partial charge in [0.15, 0.2) is 5.96 Å². The Kier molecular flexibility index (Phi) is 10.0. The van der Waals surface area contributed by atoms with Crippen molar-refractivity contribution in [1.82, 2.24) is 15.6 Å². The molecule has 0 aliphatic rings. The van der Waals surface area contributed by atoms with E-state index in [1.54, 1.807) is 18.4 Å². The Morgan fingerprint density at radius 1 is 1.26 bits per heavy atom. The summed E-state index contributed by atoms with van der Waals surface area (Å²) in [5.74, 6) is 0.546. The van der Waals surface area contributed by atoms with E-state index in [1.165, 1.54) is 4.88 Å². The van der Waals surface area contributed by atoms with E-state index >= 15 is 0 Å². The van der Waals surface area contributed by atoms with Crippen LogP contribution >= 0.6 is 46.9 Å². The van der Waals surface area contributed by atoms with Gasteiger partial charge in [-0.25, -0.2) is 4.98 Å². The van der Waals surface area contributed by atoms with Crippen molar-refractivity contribution >= 4 is 64.5 Å². The number of carbonyl (C=O) groups excluding carboxylic acids is 1. The fourth-order valence-electron chi connectivity index (χ4n) is 2.35. The second kappa shape index (κ2) is 11.5. The predicted molar refractivity (Wildman–Crippen MR) is 125 cm³/mol. The zero-order valence-corrected chi connectivity index (χ0v) is 19.8. The number of aliphatic imine (C=N–C) groups is 1. The third kappa shape index (κ3) is 7.63. The quantitative estimate of drug-likeness (QED) is 0.305. The molecular weight excluding hydrogens is 497 g/mol. The van der Waals surface area contributed by atoms with Crippen molar-refractivity contribution in [3.05, 3.63) is 44.4 Å². The average Bonchev–Trinajstić information content (AvgIpc) is 2.91. The van der Waals surface area contributed by atoms with Crippen LogP contribution in [0, 0.1) is 20.8 Å². The van der Waals surface area contributed by atoms with E-state index in [0.717, 1.165) is 16.3 Å². The molecule has 6 nitrogen and oxygen atoms in total. The third-order valence-electron chi connectivity index (χ3n) is 3.68. The molecule has 2 aromatic rings. The highest BCUT2D eigenvalue weighted by Crippen LogP contribution is 2.22. The molecule has 0 unspecified atom stereocenters. The van der Waals surface area contributed by atoms with Crippen LogP contribution in [0.5, 0.6) is 0 Å². The zero-order chi connectivity index (χ0) is 19.1. The van der Waals surface area contributed by atoms with Crippen molar-refractivity contribution in [3.8, 4) is 0 Å². The molecule has 2 rings (SSSR count). The van der Waals surface area contributed by atoms with Crippen molar-refractivity contribution in [2.75, 3.05) is 18.9 Å². The molecule has 0 saturated carbocycles. The van der Waals surface area contributed by atoms with Crippen LogP contribution in [-0.2, 0) is 11.3 Å². The minimum absolute atomic E-state index is 0. The normalized spacial score (nSPS) is 10.9. The van der Waals surface area contributed by atoms with E-state index < -0.39 is 0 Å². The molecule has 0 bridgehead atoms. The van der Waals surface area contributed by atoms with Gasteiger partial charge in [-0.1, -0.05) is 17.7 Å². The first kappa shape index (κ1) is 23.6. The number of amides is 1. The molecule has 1 aromatic heterocycles. The number of nitrogens with one attached hydrogen (secondary N) is 3. The molecule has 0 saturated heterocycles. The Hall–Kier alpha value is -1.39. The summed E-state index contributed by atoms with van der Waals surface area (Å²) in [5, 5.41) is 10.8. The van der Waals surface area contributed by atoms with E-state index in [4.69, 9.17) is 11.6 Å². The van der Waals surface area contributed by atoms with E-state index in [1.807, 2.05) is 39.0 Å². The van der Waals surface area contributed by atoms with Crippen LogP contribution in [0.3, 0.4) is 0 Å². The number of thiazole rings is 1. The van der Waals surface area contributed by atoms with Crippen LogP contribution in [-0.4, -0.2) is 30.4 Å². The van der Waals surface area contributed by atoms with Gasteiger partial charge in [-0.15, -0.1) is 35.3 Å². The van der Waals surface area contributed by atoms with Crippen molar-refractivity contribution in [2.45, 2.75) is 33.7 Å². The molecule has 148 valence electrons. The summed E-state index contributed by atoms with van der Waals surface area (Å²) in [6.45, 7) is 7.07. The first-order valence-corrected chi connectivity index (χ1v) is 9.52. The molecule has 27 heavy (non-hydrogen) atoms. The van der Waals surface area contributed by atoms with Crippen molar-refractivity contribution in [2.24, 2.45) is 4.99 Å². The molecule has 0 radical (unpaired) electrons. The highest BCUT2D eigenvalue weighted by atomic mass is 127. The number of halogens is 2. The molecule has 0 spiro atoms. The average molecular weight is 522 g/mol. The molecule has 1 amide bonds. The van der Waals surface area contributed by atoms with Crippen LogP contribution in [0.15, 0.2) is 23.2 Å². The number of anilines is 1. The molecule has 1 heterocycles. The number of hydrogen-bond acceptors (Lipinski definition) is 4. The third-order valence-corrected chi connectivity index (χ3v) is 5.07. The van der Waals surface area contributed by atoms with Gasteiger partial charge in [0.2, 0.25) is 5.91 Å². The molecule has 0 fully saturated rings. The molecule has 9 heteroatoms. The molecule has 0 atom stereocenters. The van der Waals surface area contributed by atoms with E-state index in [-0.39, 0.29) is 29.9 Å². The fraction of sp³-hybridized carbons (Fsp3) is 0.389. The Morgan fingerprint density at radius 3 is 2.59 bits per heavy atom. The second-order valence-corrected chi connectivity index (χ2v) is 7.57. The zero-order valence-electron chi connectivity index (χ0n) is 15.9. The summed E-state index contributed by atoms with van der Waals surface area (Å²) in [6, 6.07) is 5.54. The lowest BCUT2D eigenvalue weighted by Crippen LogP contribution is -2.38. The highest BCUT2D eigenvalue weighted by molar-refractivity contribution is 14.0. The maximum atomic E-state index is 12.1. The lowest BCUT2D eigenvalue weighted by Gasteiger charge is -2.12. The molecule has 3 N–H and O–H groups in total. The summed E-state index contributed by atoms with van der Waals surface area (Å²) in [6.07, 6.45) is 0.309. The first-order chi connectivity index (χ1) is 12.4. The van der Waals surface area contributed by atoms with Gasteiger partial charge in [0.25, 0.3) is 0 Å². The van der Waals surface area contributed by atoms with Gasteiger partial charge < -0.3 is 16.0 Å². The smallest absolute Gasteiger partial charge is 0.226 e. The van der Waals surface area contributed by atoms with Gasteiger partial charge in [-0.2, -0.15) is 0 Å². The largest absolute Gasteiger partial charge is 0.356 e. The monoisotopic (exact) mass is 521 g/mol. The minimum atomic E-state index is -0.104. The summed E-state index contributed by atoms with van der Waals surface area (Å²) < 4.78 is 0. The van der Waals surface area contributed by atoms with Crippen LogP contribution < -0.4 is 16.0 Å². The minimum Gasteiger partial charge on any atom is -0.356 e. The van der Waals surface area contributed by atoms with Crippen LogP contribution in [0.4, 0.5) is 5.69 Å². The Labute approximate surface area is 186 Å². The van der Waals surface area contributed by atoms with Crippen LogP contribution in [0.2, 0.25) is 5.02 Å². The lowest BCUT2D eigenvalue weighted by atomic mass is 10.2. The number of aromatic nitrogens is 1. The van der Waals surface area contributed by atoms with Gasteiger partial charge in [0.1, 0.15) is 0 Å². The number of hydrogen-bond donors (Lipinski definition) is 3. The number of rotatable bonds is 6. The van der Waals surface area contributed by atoms with E-state index in [9.17, 15) is 4.79 Å². The maximum Gasteiger partial charge on any atom is 0.226 e. The second-order valence-electron chi connectivity index (χ2n) is 5.88. The SMILES string of the molecule is CN=C(NCCC(=O)Nc1ccc(C)cc1Cl)NCc1sc(C)nc1C.I. The topological polar surface area (TPSA) is 78.4 Å². The predicted octanol–water partition coefficient (Wildman–Crippen LogP) is 4.03. The highest BCUT2D eigenvalue weighted by Gasteiger charge is 2.08. The number of aryl methyl sites for hydroxylation is 3. The van der Waals surface area contributed by atoms with Gasteiger partial charge in [0.05, 0.1) is 28.0 Å². The van der Waals surface area contributed by atoms with Gasteiger partial charge in [-0.05, 0) is 38.5 Å². The van der Waals surface area contributed by atoms with Gasteiger partial charge in [-0.3, -0.25) is 9.79 Å². The maximum absolute atomic E-state index is 12.1. The fourth-order valence-corrected chi connectivity index (χ4v) is 3.51. The van der Waals surface area contributed by atoms with Gasteiger partial charge >= 0.3 is 0 Å². The van der Waals surface area contributed by atoms with E-state index in [0.29, 0.717) is 36.2 Å². The molecule has 0 aliphatic carbocycles. The Morgan fingerprint density at radius 2 is 2.00 bits per heavy atom. The number of benzene rings is 1. The number of guanidine groups is 1. The summed E-state index contributed by atoms with van der Waals surface area (Å²) in [4.78, 5) is 21.8. The van der Waals surface area contributed by atoms with Crippen molar-refractivity contribution in [3.63, 3.8) is 0 Å².